The topological polar surface area (TPSA) is 67.6 Å². The summed E-state index contributed by atoms with van der Waals surface area (Å²) >= 11 is 1.55. The van der Waals surface area contributed by atoms with E-state index in [1.54, 1.807) is 11.8 Å². The van der Waals surface area contributed by atoms with Crippen LogP contribution in [0.15, 0.2) is 36.4 Å². The molecule has 0 unspecified atom stereocenters. The lowest BCUT2D eigenvalue weighted by Gasteiger charge is -2.26. The number of piperidine rings is 1. The Bertz CT molecular complexity index is 560. The molecular weight excluding hydrogens is 346 g/mol. The zero-order valence-electron chi connectivity index (χ0n) is 15.5. The van der Waals surface area contributed by atoms with Crippen molar-refractivity contribution in [1.82, 2.24) is 10.2 Å². The van der Waals surface area contributed by atoms with Gasteiger partial charge in [0.25, 0.3) is 0 Å². The lowest BCUT2D eigenvalue weighted by Crippen LogP contribution is -2.29. The van der Waals surface area contributed by atoms with Gasteiger partial charge in [-0.1, -0.05) is 24.6 Å². The number of amides is 1. The maximum Gasteiger partial charge on any atom is 0.230 e. The number of nitrogens with two attached hydrogens (primary N) is 1. The van der Waals surface area contributed by atoms with Crippen LogP contribution < -0.4 is 15.8 Å². The van der Waals surface area contributed by atoms with Crippen LogP contribution in [0.1, 0.15) is 24.8 Å². The Balaban J connectivity index is 1.62. The number of ether oxygens (including phenoxy) is 1. The number of nitrogens with zero attached hydrogens (tertiary/aromatic N) is 1. The molecule has 0 aliphatic carbocycles. The monoisotopic (exact) mass is 377 g/mol. The van der Waals surface area contributed by atoms with E-state index < -0.39 is 0 Å². The maximum absolute atomic E-state index is 11.5. The molecule has 5 nitrogen and oxygen atoms in total. The fraction of sp³-hybridized carbons (Fsp3) is 0.550. The van der Waals surface area contributed by atoms with Crippen LogP contribution in [0.25, 0.3) is 0 Å². The predicted molar refractivity (Wildman–Crippen MR) is 110 cm³/mol. The normalized spacial score (nSPS) is 15.3. The second-order valence-electron chi connectivity index (χ2n) is 6.41. The van der Waals surface area contributed by atoms with Crippen molar-refractivity contribution in [3.8, 4) is 5.75 Å². The lowest BCUT2D eigenvalue weighted by atomic mass is 10.1. The Morgan fingerprint density at radius 3 is 2.92 bits per heavy atom. The summed E-state index contributed by atoms with van der Waals surface area (Å²) in [6.07, 6.45) is 7.83. The van der Waals surface area contributed by atoms with Crippen molar-refractivity contribution in [3.63, 3.8) is 0 Å². The molecule has 3 N–H and O–H groups in total. The summed E-state index contributed by atoms with van der Waals surface area (Å²) in [5, 5.41) is 2.85. The number of likely N-dealkylation sites (tertiary alicyclic amines) is 1. The van der Waals surface area contributed by atoms with Gasteiger partial charge in [-0.05, 0) is 49.7 Å². The molecule has 1 aliphatic heterocycles. The van der Waals surface area contributed by atoms with Gasteiger partial charge in [0.2, 0.25) is 5.91 Å². The first-order valence-corrected chi connectivity index (χ1v) is 10.6. The fourth-order valence-electron chi connectivity index (χ4n) is 2.88. The zero-order valence-corrected chi connectivity index (χ0v) is 16.3. The molecule has 26 heavy (non-hydrogen) atoms. The van der Waals surface area contributed by atoms with Crippen LogP contribution in [0.5, 0.6) is 5.75 Å². The number of nitrogens with one attached hydrogen (secondary N) is 1. The summed E-state index contributed by atoms with van der Waals surface area (Å²) in [7, 11) is 0. The van der Waals surface area contributed by atoms with Gasteiger partial charge >= 0.3 is 0 Å². The molecule has 0 spiro atoms. The minimum atomic E-state index is 0.0411. The van der Waals surface area contributed by atoms with Crippen molar-refractivity contribution < 1.29 is 9.53 Å². The summed E-state index contributed by atoms with van der Waals surface area (Å²) < 4.78 is 5.79. The molecule has 0 radical (unpaired) electrons. The van der Waals surface area contributed by atoms with Crippen LogP contribution in [-0.2, 0) is 11.3 Å². The highest BCUT2D eigenvalue weighted by atomic mass is 32.2. The number of benzene rings is 1. The molecule has 0 bridgehead atoms. The fourth-order valence-corrected chi connectivity index (χ4v) is 3.48. The van der Waals surface area contributed by atoms with Crippen molar-refractivity contribution in [2.24, 2.45) is 5.73 Å². The standard InChI is InChI=1S/C20H31N3O2S/c21-9-14-26-17-20(24)22-10-2-5-13-25-19-8-6-7-18(15-19)16-23-11-3-1-4-12-23/h2,5-8,15H,1,3-4,9-14,16-17,21H2,(H,22,24). The third kappa shape index (κ3) is 8.74. The largest absolute Gasteiger partial charge is 0.490 e. The first-order valence-electron chi connectivity index (χ1n) is 9.41. The van der Waals surface area contributed by atoms with Gasteiger partial charge in [0.1, 0.15) is 12.4 Å². The molecule has 1 saturated heterocycles. The quantitative estimate of drug-likeness (QED) is 0.458. The van der Waals surface area contributed by atoms with E-state index in [1.807, 2.05) is 18.2 Å². The molecule has 1 fully saturated rings. The van der Waals surface area contributed by atoms with Gasteiger partial charge in [-0.15, -0.1) is 0 Å². The predicted octanol–water partition coefficient (Wildman–Crippen LogP) is 2.42. The second-order valence-corrected chi connectivity index (χ2v) is 7.52. The molecule has 1 aliphatic rings. The lowest BCUT2D eigenvalue weighted by molar-refractivity contribution is -0.118. The molecule has 1 aromatic carbocycles. The van der Waals surface area contributed by atoms with Crippen LogP contribution in [-0.4, -0.2) is 55.1 Å². The number of rotatable bonds is 11. The van der Waals surface area contributed by atoms with Gasteiger partial charge in [0.05, 0.1) is 5.75 Å². The van der Waals surface area contributed by atoms with E-state index in [0.29, 0.717) is 25.4 Å². The van der Waals surface area contributed by atoms with Crippen LogP contribution >= 0.6 is 11.8 Å². The summed E-state index contributed by atoms with van der Waals surface area (Å²) in [4.78, 5) is 14.0. The van der Waals surface area contributed by atoms with Gasteiger partial charge in [-0.25, -0.2) is 0 Å². The van der Waals surface area contributed by atoms with Crippen LogP contribution in [0.3, 0.4) is 0 Å². The van der Waals surface area contributed by atoms with E-state index in [9.17, 15) is 4.79 Å². The molecular formula is C20H31N3O2S. The van der Waals surface area contributed by atoms with Gasteiger partial charge in [0.15, 0.2) is 0 Å². The maximum atomic E-state index is 11.5. The minimum absolute atomic E-state index is 0.0411. The van der Waals surface area contributed by atoms with Gasteiger partial charge in [-0.3, -0.25) is 9.69 Å². The Hall–Kier alpha value is -1.50. The van der Waals surface area contributed by atoms with E-state index in [2.05, 4.69) is 28.4 Å². The number of hydrogen-bond donors (Lipinski definition) is 2. The van der Waals surface area contributed by atoms with E-state index in [0.717, 1.165) is 18.0 Å². The van der Waals surface area contributed by atoms with Gasteiger partial charge in [0, 0.05) is 25.4 Å². The SMILES string of the molecule is NCCSCC(=O)NCC=CCOc1cccc(CN2CCCCC2)c1. The van der Waals surface area contributed by atoms with Crippen LogP contribution in [0.4, 0.5) is 0 Å². The molecule has 0 saturated carbocycles. The summed E-state index contributed by atoms with van der Waals surface area (Å²) in [6, 6.07) is 8.33. The molecule has 0 aromatic heterocycles. The van der Waals surface area contributed by atoms with Crippen molar-refractivity contribution >= 4 is 17.7 Å². The van der Waals surface area contributed by atoms with Crippen LogP contribution in [0.2, 0.25) is 0 Å². The number of carbonyl (C=O) groups is 1. The molecule has 1 amide bonds. The number of carbonyl (C=O) groups excluding carboxylic acids is 1. The smallest absolute Gasteiger partial charge is 0.230 e. The Labute approximate surface area is 161 Å². The molecule has 1 aromatic rings. The average molecular weight is 378 g/mol. The van der Waals surface area contributed by atoms with Crippen LogP contribution in [0, 0.1) is 0 Å². The van der Waals surface area contributed by atoms with Crippen molar-refractivity contribution in [2.75, 3.05) is 44.3 Å². The number of thioether (sulfide) groups is 1. The van der Waals surface area contributed by atoms with E-state index in [-0.39, 0.29) is 5.91 Å². The van der Waals surface area contributed by atoms with Gasteiger partial charge < -0.3 is 15.8 Å². The summed E-state index contributed by atoms with van der Waals surface area (Å²) in [5.41, 5.74) is 6.70. The molecule has 1 heterocycles. The van der Waals surface area contributed by atoms with E-state index in [1.165, 1.54) is 37.9 Å². The van der Waals surface area contributed by atoms with E-state index in [4.69, 9.17) is 10.5 Å². The number of hydrogen-bond acceptors (Lipinski definition) is 5. The van der Waals surface area contributed by atoms with Crippen molar-refractivity contribution in [2.45, 2.75) is 25.8 Å². The Morgan fingerprint density at radius 1 is 1.27 bits per heavy atom. The summed E-state index contributed by atoms with van der Waals surface area (Å²) in [6.45, 7) is 5.04. The second kappa shape index (κ2) is 12.8. The van der Waals surface area contributed by atoms with Crippen molar-refractivity contribution in [3.05, 3.63) is 42.0 Å². The van der Waals surface area contributed by atoms with Gasteiger partial charge in [-0.2, -0.15) is 11.8 Å². The highest BCUT2D eigenvalue weighted by Gasteiger charge is 2.10. The summed E-state index contributed by atoms with van der Waals surface area (Å²) in [5.74, 6) is 2.21. The highest BCUT2D eigenvalue weighted by Crippen LogP contribution is 2.17. The first-order chi connectivity index (χ1) is 12.8. The third-order valence-corrected chi connectivity index (χ3v) is 5.17. The molecule has 6 heteroatoms. The Morgan fingerprint density at radius 2 is 2.12 bits per heavy atom. The molecule has 144 valence electrons. The molecule has 0 atom stereocenters. The van der Waals surface area contributed by atoms with E-state index >= 15 is 0 Å². The average Bonchev–Trinajstić information content (AvgIpc) is 2.66. The Kier molecular flexibility index (Phi) is 10.2. The highest BCUT2D eigenvalue weighted by molar-refractivity contribution is 7.99. The minimum Gasteiger partial charge on any atom is -0.490 e. The first kappa shape index (κ1) is 20.8. The van der Waals surface area contributed by atoms with Crippen molar-refractivity contribution in [1.29, 1.82) is 0 Å². The third-order valence-electron chi connectivity index (χ3n) is 4.18. The zero-order chi connectivity index (χ0) is 18.5. The molecule has 2 rings (SSSR count).